The van der Waals surface area contributed by atoms with Crippen molar-refractivity contribution in [2.75, 3.05) is 11.5 Å². The summed E-state index contributed by atoms with van der Waals surface area (Å²) in [6, 6.07) is 13.8. The first kappa shape index (κ1) is 14.6. The van der Waals surface area contributed by atoms with Gasteiger partial charge in [-0.3, -0.25) is 4.79 Å². The number of para-hydroxylation sites is 1. The van der Waals surface area contributed by atoms with Gasteiger partial charge in [-0.15, -0.1) is 0 Å². The molecule has 22 heavy (non-hydrogen) atoms. The molecule has 0 saturated heterocycles. The number of benzene rings is 2. The Balaban J connectivity index is 2.12. The molecule has 0 aromatic heterocycles. The van der Waals surface area contributed by atoms with Gasteiger partial charge in [0.2, 0.25) is 10.0 Å². The third-order valence-corrected chi connectivity index (χ3v) is 4.32. The van der Waals surface area contributed by atoms with Crippen LogP contribution in [0.5, 0.6) is 5.75 Å². The number of primary sulfonamides is 1. The van der Waals surface area contributed by atoms with E-state index in [1.165, 1.54) is 17.0 Å². The number of hydrogen-bond donors (Lipinski definition) is 1. The minimum absolute atomic E-state index is 0.117. The summed E-state index contributed by atoms with van der Waals surface area (Å²) in [5, 5.41) is 5.26. The molecule has 3 rings (SSSR count). The summed E-state index contributed by atoms with van der Waals surface area (Å²) in [6.07, 6.45) is 0. The van der Waals surface area contributed by atoms with Crippen molar-refractivity contribution < 1.29 is 17.9 Å². The second kappa shape index (κ2) is 5.43. The lowest BCUT2D eigenvalue weighted by Crippen LogP contribution is -2.39. The summed E-state index contributed by atoms with van der Waals surface area (Å²) < 4.78 is 28.9. The van der Waals surface area contributed by atoms with Gasteiger partial charge in [0.1, 0.15) is 16.3 Å². The van der Waals surface area contributed by atoms with E-state index >= 15 is 0 Å². The van der Waals surface area contributed by atoms with Gasteiger partial charge in [0, 0.05) is 0 Å². The van der Waals surface area contributed by atoms with Gasteiger partial charge in [-0.1, -0.05) is 36.4 Å². The summed E-state index contributed by atoms with van der Waals surface area (Å²) in [7, 11) is -3.97. The number of anilines is 1. The quantitative estimate of drug-likeness (QED) is 0.922. The molecule has 1 amide bonds. The Morgan fingerprint density at radius 3 is 2.50 bits per heavy atom. The third kappa shape index (κ3) is 2.68. The van der Waals surface area contributed by atoms with Crippen molar-refractivity contribution in [1.29, 1.82) is 0 Å². The number of fused-ring (bicyclic) bond motifs is 1. The molecule has 0 aliphatic carbocycles. The second-order valence-corrected chi connectivity index (χ2v) is 6.43. The molecule has 0 spiro atoms. The van der Waals surface area contributed by atoms with Crippen LogP contribution in [0, 0.1) is 0 Å². The Morgan fingerprint density at radius 1 is 1.09 bits per heavy atom. The van der Waals surface area contributed by atoms with Crippen LogP contribution in [0.4, 0.5) is 5.69 Å². The van der Waals surface area contributed by atoms with Crippen molar-refractivity contribution in [2.24, 2.45) is 5.14 Å². The van der Waals surface area contributed by atoms with Crippen LogP contribution >= 0.6 is 0 Å². The average molecular weight is 318 g/mol. The molecule has 2 N–H and O–H groups in total. The fourth-order valence-electron chi connectivity index (χ4n) is 2.39. The molecule has 0 unspecified atom stereocenters. The van der Waals surface area contributed by atoms with E-state index in [1.807, 2.05) is 30.3 Å². The number of nitrogens with zero attached hydrogens (tertiary/aromatic N) is 1. The molecule has 114 valence electrons. The molecule has 0 fully saturated rings. The lowest BCUT2D eigenvalue weighted by atomic mass is 10.1. The smallest absolute Gasteiger partial charge is 0.265 e. The number of hydrogen-bond acceptors (Lipinski definition) is 4. The van der Waals surface area contributed by atoms with Gasteiger partial charge in [-0.25, -0.2) is 13.6 Å². The fraction of sp³-hybridized carbons (Fsp3) is 0.133. The van der Waals surface area contributed by atoms with Crippen LogP contribution in [0.1, 0.15) is 5.56 Å². The lowest BCUT2D eigenvalue weighted by Gasteiger charge is -2.30. The zero-order valence-corrected chi connectivity index (χ0v) is 12.4. The highest BCUT2D eigenvalue weighted by Crippen LogP contribution is 2.38. The van der Waals surface area contributed by atoms with Gasteiger partial charge in [0.25, 0.3) is 5.91 Å². The van der Waals surface area contributed by atoms with Gasteiger partial charge in [0.05, 0.1) is 6.54 Å². The van der Waals surface area contributed by atoms with Crippen molar-refractivity contribution in [3.8, 4) is 5.75 Å². The van der Waals surface area contributed by atoms with Crippen molar-refractivity contribution in [3.05, 3.63) is 54.1 Å². The number of amides is 1. The Bertz CT molecular complexity index is 819. The van der Waals surface area contributed by atoms with Gasteiger partial charge in [-0.05, 0) is 17.7 Å². The summed E-state index contributed by atoms with van der Waals surface area (Å²) >= 11 is 0. The maximum atomic E-state index is 12.2. The molecule has 0 bridgehead atoms. The first-order chi connectivity index (χ1) is 10.5. The van der Waals surface area contributed by atoms with E-state index in [-0.39, 0.29) is 29.6 Å². The lowest BCUT2D eigenvalue weighted by molar-refractivity contribution is -0.121. The first-order valence-electron chi connectivity index (χ1n) is 6.60. The zero-order chi connectivity index (χ0) is 15.7. The maximum Gasteiger partial charge on any atom is 0.265 e. The predicted molar refractivity (Wildman–Crippen MR) is 80.9 cm³/mol. The van der Waals surface area contributed by atoms with E-state index in [1.54, 1.807) is 6.07 Å². The van der Waals surface area contributed by atoms with Crippen molar-refractivity contribution in [2.45, 2.75) is 11.4 Å². The first-order valence-corrected chi connectivity index (χ1v) is 8.14. The maximum absolute atomic E-state index is 12.2. The van der Waals surface area contributed by atoms with Crippen molar-refractivity contribution in [1.82, 2.24) is 0 Å². The topological polar surface area (TPSA) is 89.7 Å². The summed E-state index contributed by atoms with van der Waals surface area (Å²) in [5.41, 5.74) is 1.08. The molecule has 7 heteroatoms. The molecule has 0 radical (unpaired) electrons. The second-order valence-electron chi connectivity index (χ2n) is 4.90. The van der Waals surface area contributed by atoms with E-state index in [9.17, 15) is 13.2 Å². The molecule has 1 heterocycles. The van der Waals surface area contributed by atoms with Crippen LogP contribution in [0.15, 0.2) is 53.4 Å². The van der Waals surface area contributed by atoms with E-state index in [2.05, 4.69) is 0 Å². The molecule has 2 aromatic carbocycles. The monoisotopic (exact) mass is 318 g/mol. The van der Waals surface area contributed by atoms with E-state index in [4.69, 9.17) is 9.88 Å². The van der Waals surface area contributed by atoms with Gasteiger partial charge < -0.3 is 9.64 Å². The molecule has 1 aliphatic rings. The molecule has 1 aliphatic heterocycles. The fourth-order valence-corrected chi connectivity index (χ4v) is 3.14. The largest absolute Gasteiger partial charge is 0.482 e. The minimum Gasteiger partial charge on any atom is -0.482 e. The van der Waals surface area contributed by atoms with Crippen LogP contribution in [0.25, 0.3) is 0 Å². The molecular weight excluding hydrogens is 304 g/mol. The van der Waals surface area contributed by atoms with Crippen molar-refractivity contribution in [3.63, 3.8) is 0 Å². The normalized spacial score (nSPS) is 14.4. The number of rotatable bonds is 3. The van der Waals surface area contributed by atoms with Crippen LogP contribution < -0.4 is 14.8 Å². The van der Waals surface area contributed by atoms with Crippen LogP contribution in [-0.4, -0.2) is 20.9 Å². The van der Waals surface area contributed by atoms with Gasteiger partial charge >= 0.3 is 0 Å². The van der Waals surface area contributed by atoms with Crippen molar-refractivity contribution >= 4 is 21.6 Å². The molecule has 0 atom stereocenters. The van der Waals surface area contributed by atoms with Crippen LogP contribution in [-0.2, 0) is 21.4 Å². The standard InChI is InChI=1S/C15H14N2O4S/c16-22(19,20)13-8-4-7-12-15(13)17(14(18)10-21-12)9-11-5-2-1-3-6-11/h1-8H,9-10H2,(H2,16,19,20). The van der Waals surface area contributed by atoms with E-state index in [0.717, 1.165) is 5.56 Å². The average Bonchev–Trinajstić information content (AvgIpc) is 2.49. The van der Waals surface area contributed by atoms with E-state index in [0.29, 0.717) is 5.75 Å². The summed E-state index contributed by atoms with van der Waals surface area (Å²) in [5.74, 6) is 0.0227. The molecular formula is C15H14N2O4S. The SMILES string of the molecule is NS(=O)(=O)c1cccc2c1N(Cc1ccccc1)C(=O)CO2. The molecule has 2 aromatic rings. The van der Waals surface area contributed by atoms with Crippen LogP contribution in [0.2, 0.25) is 0 Å². The predicted octanol–water partition coefficient (Wildman–Crippen LogP) is 1.26. The van der Waals surface area contributed by atoms with Gasteiger partial charge in [0.15, 0.2) is 6.61 Å². The highest BCUT2D eigenvalue weighted by molar-refractivity contribution is 7.89. The highest BCUT2D eigenvalue weighted by atomic mass is 32.2. The number of nitrogens with two attached hydrogens (primary N) is 1. The molecule has 0 saturated carbocycles. The number of sulfonamides is 1. The van der Waals surface area contributed by atoms with Gasteiger partial charge in [-0.2, -0.15) is 0 Å². The summed E-state index contributed by atoms with van der Waals surface area (Å²) in [4.78, 5) is 13.5. The minimum atomic E-state index is -3.97. The summed E-state index contributed by atoms with van der Waals surface area (Å²) in [6.45, 7) is 0.122. The van der Waals surface area contributed by atoms with E-state index < -0.39 is 10.0 Å². The number of carbonyl (C=O) groups is 1. The Hall–Kier alpha value is -2.38. The van der Waals surface area contributed by atoms with Crippen LogP contribution in [0.3, 0.4) is 0 Å². The highest BCUT2D eigenvalue weighted by Gasteiger charge is 2.31. The Morgan fingerprint density at radius 2 is 1.82 bits per heavy atom. The third-order valence-electron chi connectivity index (χ3n) is 3.37. The Kier molecular flexibility index (Phi) is 3.59. The molecule has 6 nitrogen and oxygen atoms in total. The Labute approximate surface area is 128 Å². The number of ether oxygens (including phenoxy) is 1. The number of carbonyl (C=O) groups excluding carboxylic acids is 1. The zero-order valence-electron chi connectivity index (χ0n) is 11.6.